The molecule has 0 spiro atoms. The molecule has 0 saturated carbocycles. The molecular formula is C28H55ClN4O5S. The number of halogens is 1. The molecule has 0 unspecified atom stereocenters. The zero-order valence-electron chi connectivity index (χ0n) is 26.5. The summed E-state index contributed by atoms with van der Waals surface area (Å²) in [5, 5.41) is 6.46. The number of likely N-dealkylation sites (N-methyl/N-ethyl adjacent to an activating group) is 1. The van der Waals surface area contributed by atoms with Gasteiger partial charge in [-0.25, -0.2) is 13.1 Å². The lowest BCUT2D eigenvalue weighted by molar-refractivity contribution is -0.119. The summed E-state index contributed by atoms with van der Waals surface area (Å²) < 4.78 is 24.0. The zero-order valence-corrected chi connectivity index (χ0v) is 28.1. The standard InChI is InChI=1S/C10H20N2O.C7H13NO.C6H13NO2S.C5H9ClO/c1-10(2,3)11-9(13)7-6-8-12(4)5;1-5-6(9)8-7(2,3)4;1-5-10(8,9)7-6(2,3)4;1-4(2)5(7)3-6/h6-7H,8H2,1-5H3,(H,11,13);5H,1H2,2-4H3,(H,8,9);5,7H,1H2,2-4H3;4H,3H2,1-2H3/b7-6+;;;. The van der Waals surface area contributed by atoms with E-state index in [0.29, 0.717) is 0 Å². The van der Waals surface area contributed by atoms with Crippen LogP contribution in [0.15, 0.2) is 36.8 Å². The third-order valence-corrected chi connectivity index (χ3v) is 4.96. The highest BCUT2D eigenvalue weighted by Gasteiger charge is 2.16. The monoisotopic (exact) mass is 594 g/mol. The van der Waals surface area contributed by atoms with Crippen molar-refractivity contribution in [3.8, 4) is 0 Å². The number of rotatable bonds is 8. The van der Waals surface area contributed by atoms with Gasteiger partial charge in [0.15, 0.2) is 0 Å². The molecule has 3 N–H and O–H groups in total. The van der Waals surface area contributed by atoms with Gasteiger partial charge in [0.2, 0.25) is 21.8 Å². The van der Waals surface area contributed by atoms with Crippen molar-refractivity contribution in [1.82, 2.24) is 20.3 Å². The first-order valence-electron chi connectivity index (χ1n) is 12.5. The number of amides is 2. The fraction of sp³-hybridized carbons (Fsp3) is 0.679. The van der Waals surface area contributed by atoms with Crippen LogP contribution in [-0.4, -0.2) is 74.1 Å². The number of hydrogen-bond donors (Lipinski definition) is 3. The summed E-state index contributed by atoms with van der Waals surface area (Å²) in [6.07, 6.45) is 4.69. The van der Waals surface area contributed by atoms with Crippen molar-refractivity contribution in [1.29, 1.82) is 0 Å². The number of alkyl halides is 1. The SMILES string of the molecule is C=CC(=O)NC(C)(C)C.C=CS(=O)(=O)NC(C)(C)C.CC(C)C(=O)CCl.CN(C)C/C=C/C(=O)NC(C)(C)C. The second-order valence-electron chi connectivity index (χ2n) is 12.2. The summed E-state index contributed by atoms with van der Waals surface area (Å²) in [6, 6.07) is 0. The van der Waals surface area contributed by atoms with E-state index in [9.17, 15) is 22.8 Å². The summed E-state index contributed by atoms with van der Waals surface area (Å²) in [4.78, 5) is 34.2. The summed E-state index contributed by atoms with van der Waals surface area (Å²) in [5.74, 6) is 0.202. The Kier molecular flexibility index (Phi) is 23.5. The molecule has 0 atom stereocenters. The second kappa shape index (κ2) is 20.8. The van der Waals surface area contributed by atoms with E-state index >= 15 is 0 Å². The molecule has 0 aliphatic heterocycles. The van der Waals surface area contributed by atoms with Gasteiger partial charge in [-0.1, -0.05) is 33.1 Å². The maximum atomic E-state index is 11.2. The Morgan fingerprint density at radius 1 is 0.846 bits per heavy atom. The number of carbonyl (C=O) groups is 3. The van der Waals surface area contributed by atoms with Gasteiger partial charge in [0.1, 0.15) is 5.78 Å². The predicted molar refractivity (Wildman–Crippen MR) is 166 cm³/mol. The Hall–Kier alpha value is -2.01. The van der Waals surface area contributed by atoms with Crippen molar-refractivity contribution in [3.63, 3.8) is 0 Å². The zero-order chi connectivity index (χ0) is 32.3. The molecule has 9 nitrogen and oxygen atoms in total. The highest BCUT2D eigenvalue weighted by molar-refractivity contribution is 7.92. The molecule has 230 valence electrons. The van der Waals surface area contributed by atoms with Crippen molar-refractivity contribution in [2.75, 3.05) is 26.5 Å². The van der Waals surface area contributed by atoms with E-state index in [2.05, 4.69) is 28.5 Å². The van der Waals surface area contributed by atoms with Gasteiger partial charge < -0.3 is 15.5 Å². The van der Waals surface area contributed by atoms with Crippen LogP contribution < -0.4 is 15.4 Å². The summed E-state index contributed by atoms with van der Waals surface area (Å²) in [6.45, 7) is 27.9. The van der Waals surface area contributed by atoms with Crippen LogP contribution in [-0.2, 0) is 24.4 Å². The lowest BCUT2D eigenvalue weighted by Gasteiger charge is -2.19. The average molecular weight is 595 g/mol. The molecule has 0 aliphatic carbocycles. The van der Waals surface area contributed by atoms with Gasteiger partial charge in [0, 0.05) is 40.6 Å². The quantitative estimate of drug-likeness (QED) is 0.282. The number of carbonyl (C=O) groups excluding carboxylic acids is 3. The molecule has 0 aromatic rings. The first kappa shape index (κ1) is 44.0. The molecule has 0 aromatic heterocycles. The van der Waals surface area contributed by atoms with E-state index < -0.39 is 15.6 Å². The lowest BCUT2D eigenvalue weighted by Crippen LogP contribution is -2.39. The Morgan fingerprint density at radius 2 is 1.26 bits per heavy atom. The van der Waals surface area contributed by atoms with Gasteiger partial charge >= 0.3 is 0 Å². The highest BCUT2D eigenvalue weighted by Crippen LogP contribution is 2.02. The number of nitrogens with one attached hydrogen (secondary N) is 3. The van der Waals surface area contributed by atoms with Crippen molar-refractivity contribution in [2.45, 2.75) is 92.8 Å². The van der Waals surface area contributed by atoms with Crippen LogP contribution in [0.2, 0.25) is 0 Å². The van der Waals surface area contributed by atoms with Gasteiger partial charge in [0.25, 0.3) is 0 Å². The molecule has 0 fully saturated rings. The summed E-state index contributed by atoms with van der Waals surface area (Å²) in [7, 11) is 0.665. The Labute approximate surface area is 243 Å². The topological polar surface area (TPSA) is 125 Å². The number of nitrogens with zero attached hydrogens (tertiary/aromatic N) is 1. The van der Waals surface area contributed by atoms with Crippen molar-refractivity contribution < 1.29 is 22.8 Å². The summed E-state index contributed by atoms with van der Waals surface area (Å²) in [5.41, 5.74) is -0.724. The fourth-order valence-corrected chi connectivity index (χ4v) is 3.07. The molecule has 0 heterocycles. The molecule has 0 aliphatic rings. The van der Waals surface area contributed by atoms with E-state index in [1.807, 2.05) is 80.5 Å². The molecule has 2 amide bonds. The van der Waals surface area contributed by atoms with Gasteiger partial charge in [-0.3, -0.25) is 14.4 Å². The number of hydrogen-bond acceptors (Lipinski definition) is 6. The lowest BCUT2D eigenvalue weighted by atomic mass is 10.1. The van der Waals surface area contributed by atoms with Crippen LogP contribution in [0.3, 0.4) is 0 Å². The predicted octanol–water partition coefficient (Wildman–Crippen LogP) is 4.40. The average Bonchev–Trinajstić information content (AvgIpc) is 2.70. The van der Waals surface area contributed by atoms with Crippen LogP contribution in [0.1, 0.15) is 76.2 Å². The Balaban J connectivity index is -0.000000215. The molecular weight excluding hydrogens is 540 g/mol. The fourth-order valence-electron chi connectivity index (χ4n) is 1.83. The van der Waals surface area contributed by atoms with Crippen LogP contribution >= 0.6 is 11.6 Å². The smallest absolute Gasteiger partial charge is 0.244 e. The van der Waals surface area contributed by atoms with Crippen molar-refractivity contribution in [3.05, 3.63) is 36.8 Å². The maximum absolute atomic E-state index is 11.2. The number of Topliss-reactive ketones (excluding diaryl/α,β-unsaturated/α-hetero) is 1. The minimum atomic E-state index is -3.26. The first-order chi connectivity index (χ1) is 17.2. The van der Waals surface area contributed by atoms with Gasteiger partial charge in [-0.2, -0.15) is 0 Å². The third kappa shape index (κ3) is 43.3. The van der Waals surface area contributed by atoms with Gasteiger partial charge in [0.05, 0.1) is 5.88 Å². The molecule has 11 heteroatoms. The third-order valence-electron chi connectivity index (χ3n) is 3.37. The van der Waals surface area contributed by atoms with Crippen molar-refractivity contribution in [2.24, 2.45) is 5.92 Å². The van der Waals surface area contributed by atoms with E-state index in [0.717, 1.165) is 12.0 Å². The largest absolute Gasteiger partial charge is 0.348 e. The van der Waals surface area contributed by atoms with E-state index in [4.69, 9.17) is 11.6 Å². The Bertz CT molecular complexity index is 877. The highest BCUT2D eigenvalue weighted by atomic mass is 35.5. The molecule has 0 radical (unpaired) electrons. The summed E-state index contributed by atoms with van der Waals surface area (Å²) >= 11 is 5.20. The second-order valence-corrected chi connectivity index (χ2v) is 14.1. The van der Waals surface area contributed by atoms with Crippen molar-refractivity contribution >= 4 is 39.2 Å². The van der Waals surface area contributed by atoms with Crippen LogP contribution in [0.4, 0.5) is 0 Å². The van der Waals surface area contributed by atoms with Crippen LogP contribution in [0.25, 0.3) is 0 Å². The minimum absolute atomic E-state index is 0.0330. The Morgan fingerprint density at radius 3 is 1.44 bits per heavy atom. The maximum Gasteiger partial charge on any atom is 0.244 e. The molecule has 0 saturated heterocycles. The normalized spacial score (nSPS) is 11.7. The van der Waals surface area contributed by atoms with Gasteiger partial charge in [-0.15, -0.1) is 11.6 Å². The van der Waals surface area contributed by atoms with E-state index in [-0.39, 0.29) is 40.5 Å². The van der Waals surface area contributed by atoms with Crippen LogP contribution in [0.5, 0.6) is 0 Å². The van der Waals surface area contributed by atoms with Crippen LogP contribution in [0, 0.1) is 5.92 Å². The number of sulfonamides is 1. The molecule has 39 heavy (non-hydrogen) atoms. The number of ketones is 1. The van der Waals surface area contributed by atoms with E-state index in [1.54, 1.807) is 26.8 Å². The minimum Gasteiger partial charge on any atom is -0.348 e. The van der Waals surface area contributed by atoms with Gasteiger partial charge in [-0.05, 0) is 82.5 Å². The van der Waals surface area contributed by atoms with E-state index in [1.165, 1.54) is 6.08 Å². The molecule has 0 bridgehead atoms. The molecule has 0 rings (SSSR count). The molecule has 0 aromatic carbocycles. The first-order valence-corrected chi connectivity index (χ1v) is 14.6.